The van der Waals surface area contributed by atoms with Gasteiger partial charge in [-0.3, -0.25) is 9.59 Å². The number of nitrogens with one attached hydrogen (secondary N) is 1. The number of aromatic nitrogens is 2. The fourth-order valence-electron chi connectivity index (χ4n) is 2.83. The molecule has 150 valence electrons. The van der Waals surface area contributed by atoms with Crippen LogP contribution < -0.4 is 10.9 Å². The summed E-state index contributed by atoms with van der Waals surface area (Å²) in [5, 5.41) is 6.90. The molecule has 7 heteroatoms. The second-order valence-corrected chi connectivity index (χ2v) is 6.59. The molecule has 0 aliphatic heterocycles. The summed E-state index contributed by atoms with van der Waals surface area (Å²) in [4.78, 5) is 24.1. The third-order valence-corrected chi connectivity index (χ3v) is 4.57. The number of hydrogen-bond donors (Lipinski definition) is 1. The highest BCUT2D eigenvalue weighted by Crippen LogP contribution is 2.16. The molecule has 0 unspecified atom stereocenters. The van der Waals surface area contributed by atoms with Gasteiger partial charge in [0.05, 0.1) is 12.2 Å². The molecule has 0 spiro atoms. The van der Waals surface area contributed by atoms with E-state index < -0.39 is 11.6 Å². The molecular weight excluding hydrogens is 376 g/mol. The summed E-state index contributed by atoms with van der Waals surface area (Å²) in [6.07, 6.45) is 0.943. The van der Waals surface area contributed by atoms with Crippen molar-refractivity contribution in [1.82, 2.24) is 15.1 Å². The molecule has 0 saturated heterocycles. The van der Waals surface area contributed by atoms with E-state index in [0.717, 1.165) is 24.1 Å². The van der Waals surface area contributed by atoms with E-state index in [9.17, 15) is 18.4 Å². The standard InChI is InChI=1S/C22H21F2N3O2/c1-2-15-3-5-16(6-4-15)20-9-10-22(29)27(26-20)12-11-21(28)25-14-17-7-8-18(23)13-19(17)24/h3-10,13H,2,11-12,14H2,1H3,(H,25,28). The second kappa shape index (κ2) is 9.23. The van der Waals surface area contributed by atoms with Gasteiger partial charge in [-0.25, -0.2) is 13.5 Å². The average molecular weight is 397 g/mol. The molecule has 0 bridgehead atoms. The first kappa shape index (κ1) is 20.4. The Bertz CT molecular complexity index is 1060. The van der Waals surface area contributed by atoms with E-state index in [1.807, 2.05) is 24.3 Å². The Morgan fingerprint density at radius 1 is 1.07 bits per heavy atom. The van der Waals surface area contributed by atoms with Gasteiger partial charge in [-0.15, -0.1) is 0 Å². The van der Waals surface area contributed by atoms with Crippen LogP contribution in [0, 0.1) is 11.6 Å². The zero-order chi connectivity index (χ0) is 20.8. The highest BCUT2D eigenvalue weighted by Gasteiger charge is 2.09. The fourth-order valence-corrected chi connectivity index (χ4v) is 2.83. The van der Waals surface area contributed by atoms with Crippen molar-refractivity contribution in [2.75, 3.05) is 0 Å². The number of aryl methyl sites for hydroxylation is 2. The van der Waals surface area contributed by atoms with Gasteiger partial charge in [0.25, 0.3) is 5.56 Å². The molecule has 2 aromatic carbocycles. The first-order valence-electron chi connectivity index (χ1n) is 9.34. The SMILES string of the molecule is CCc1ccc(-c2ccc(=O)n(CCC(=O)NCc3ccc(F)cc3F)n2)cc1. The molecule has 0 fully saturated rings. The average Bonchev–Trinajstić information content (AvgIpc) is 2.72. The van der Waals surface area contributed by atoms with Crippen LogP contribution in [0.3, 0.4) is 0 Å². The number of nitrogens with zero attached hydrogens (tertiary/aromatic N) is 2. The zero-order valence-corrected chi connectivity index (χ0v) is 16.0. The van der Waals surface area contributed by atoms with Crippen LogP contribution in [0.1, 0.15) is 24.5 Å². The van der Waals surface area contributed by atoms with Crippen LogP contribution in [0.4, 0.5) is 8.78 Å². The van der Waals surface area contributed by atoms with Gasteiger partial charge < -0.3 is 5.32 Å². The fraction of sp³-hybridized carbons (Fsp3) is 0.227. The van der Waals surface area contributed by atoms with E-state index in [2.05, 4.69) is 17.3 Å². The van der Waals surface area contributed by atoms with Gasteiger partial charge in [0.2, 0.25) is 5.91 Å². The summed E-state index contributed by atoms with van der Waals surface area (Å²) in [6.45, 7) is 2.11. The Balaban J connectivity index is 1.62. The summed E-state index contributed by atoms with van der Waals surface area (Å²) in [7, 11) is 0. The number of rotatable bonds is 7. The van der Waals surface area contributed by atoms with Crippen LogP contribution >= 0.6 is 0 Å². The molecule has 1 heterocycles. The van der Waals surface area contributed by atoms with Crippen LogP contribution in [0.2, 0.25) is 0 Å². The summed E-state index contributed by atoms with van der Waals surface area (Å²) in [5.74, 6) is -1.75. The largest absolute Gasteiger partial charge is 0.352 e. The molecule has 1 N–H and O–H groups in total. The first-order chi connectivity index (χ1) is 14.0. The maximum absolute atomic E-state index is 13.6. The summed E-state index contributed by atoms with van der Waals surface area (Å²) in [5.41, 5.74) is 2.61. The molecule has 0 aliphatic rings. The molecule has 29 heavy (non-hydrogen) atoms. The lowest BCUT2D eigenvalue weighted by atomic mass is 10.1. The van der Waals surface area contributed by atoms with Crippen molar-refractivity contribution < 1.29 is 13.6 Å². The minimum Gasteiger partial charge on any atom is -0.352 e. The Hall–Kier alpha value is -3.35. The number of benzene rings is 2. The lowest BCUT2D eigenvalue weighted by Gasteiger charge is -2.09. The Morgan fingerprint density at radius 2 is 1.83 bits per heavy atom. The minimum absolute atomic E-state index is 0.00788. The number of halogens is 2. The van der Waals surface area contributed by atoms with E-state index in [4.69, 9.17) is 0 Å². The van der Waals surface area contributed by atoms with E-state index in [-0.39, 0.29) is 36.5 Å². The minimum atomic E-state index is -0.718. The smallest absolute Gasteiger partial charge is 0.266 e. The van der Waals surface area contributed by atoms with Crippen molar-refractivity contribution in [1.29, 1.82) is 0 Å². The third kappa shape index (κ3) is 5.34. The van der Waals surface area contributed by atoms with Gasteiger partial charge in [-0.2, -0.15) is 5.10 Å². The van der Waals surface area contributed by atoms with Crippen LogP contribution in [0.25, 0.3) is 11.3 Å². The lowest BCUT2D eigenvalue weighted by Crippen LogP contribution is -2.28. The molecule has 0 saturated carbocycles. The molecule has 3 rings (SSSR count). The van der Waals surface area contributed by atoms with Crippen molar-refractivity contribution >= 4 is 5.91 Å². The molecule has 0 radical (unpaired) electrons. The summed E-state index contributed by atoms with van der Waals surface area (Å²) < 4.78 is 27.8. The van der Waals surface area contributed by atoms with Gasteiger partial charge in [0.1, 0.15) is 11.6 Å². The van der Waals surface area contributed by atoms with Gasteiger partial charge >= 0.3 is 0 Å². The van der Waals surface area contributed by atoms with Crippen molar-refractivity contribution in [3.63, 3.8) is 0 Å². The summed E-state index contributed by atoms with van der Waals surface area (Å²) >= 11 is 0. The first-order valence-corrected chi connectivity index (χ1v) is 9.34. The molecule has 3 aromatic rings. The van der Waals surface area contributed by atoms with Gasteiger partial charge in [0.15, 0.2) is 0 Å². The van der Waals surface area contributed by atoms with Gasteiger partial charge in [-0.1, -0.05) is 37.3 Å². The van der Waals surface area contributed by atoms with Crippen LogP contribution in [0.15, 0.2) is 59.4 Å². The zero-order valence-electron chi connectivity index (χ0n) is 16.0. The maximum atomic E-state index is 13.6. The molecule has 0 atom stereocenters. The Kier molecular flexibility index (Phi) is 6.49. The molecule has 0 aliphatic carbocycles. The van der Waals surface area contributed by atoms with Crippen molar-refractivity contribution in [3.8, 4) is 11.3 Å². The maximum Gasteiger partial charge on any atom is 0.266 e. The van der Waals surface area contributed by atoms with E-state index in [0.29, 0.717) is 5.69 Å². The number of hydrogen-bond acceptors (Lipinski definition) is 3. The highest BCUT2D eigenvalue weighted by atomic mass is 19.1. The van der Waals surface area contributed by atoms with Crippen molar-refractivity contribution in [2.45, 2.75) is 32.9 Å². The lowest BCUT2D eigenvalue weighted by molar-refractivity contribution is -0.121. The predicted molar refractivity (Wildman–Crippen MR) is 106 cm³/mol. The monoisotopic (exact) mass is 397 g/mol. The van der Waals surface area contributed by atoms with Crippen molar-refractivity contribution in [2.24, 2.45) is 0 Å². The quantitative estimate of drug-likeness (QED) is 0.664. The molecule has 1 aromatic heterocycles. The number of amides is 1. The van der Waals surface area contributed by atoms with Gasteiger partial charge in [0, 0.05) is 36.2 Å². The number of carbonyl (C=O) groups is 1. The van der Waals surface area contributed by atoms with Crippen LogP contribution in [-0.4, -0.2) is 15.7 Å². The Morgan fingerprint density at radius 3 is 2.52 bits per heavy atom. The highest BCUT2D eigenvalue weighted by molar-refractivity contribution is 5.75. The van der Waals surface area contributed by atoms with E-state index >= 15 is 0 Å². The normalized spacial score (nSPS) is 10.7. The van der Waals surface area contributed by atoms with Crippen LogP contribution in [-0.2, 0) is 24.3 Å². The van der Waals surface area contributed by atoms with Crippen molar-refractivity contribution in [3.05, 3.63) is 87.7 Å². The van der Waals surface area contributed by atoms with Crippen LogP contribution in [0.5, 0.6) is 0 Å². The second-order valence-electron chi connectivity index (χ2n) is 6.59. The summed E-state index contributed by atoms with van der Waals surface area (Å²) in [6, 6.07) is 14.2. The predicted octanol–water partition coefficient (Wildman–Crippen LogP) is 3.46. The van der Waals surface area contributed by atoms with E-state index in [1.54, 1.807) is 6.07 Å². The third-order valence-electron chi connectivity index (χ3n) is 4.57. The molecular formula is C22H21F2N3O2. The molecule has 5 nitrogen and oxygen atoms in total. The number of carbonyl (C=O) groups excluding carboxylic acids is 1. The molecule has 1 amide bonds. The van der Waals surface area contributed by atoms with Gasteiger partial charge in [-0.05, 0) is 24.1 Å². The topological polar surface area (TPSA) is 64.0 Å². The Labute approximate surface area is 167 Å². The van der Waals surface area contributed by atoms with E-state index in [1.165, 1.54) is 22.4 Å².